The average molecular weight is 339 g/mol. The number of amides is 1. The van der Waals surface area contributed by atoms with E-state index >= 15 is 0 Å². The third-order valence-corrected chi connectivity index (χ3v) is 4.73. The fourth-order valence-electron chi connectivity index (χ4n) is 3.23. The van der Waals surface area contributed by atoms with E-state index in [0.29, 0.717) is 5.02 Å². The van der Waals surface area contributed by atoms with E-state index in [2.05, 4.69) is 9.88 Å². The zero-order chi connectivity index (χ0) is 16.5. The molecule has 0 atom stereocenters. The molecule has 4 rings (SSSR count). The summed E-state index contributed by atoms with van der Waals surface area (Å²) in [5.41, 5.74) is 2.05. The summed E-state index contributed by atoms with van der Waals surface area (Å²) < 4.78 is 0. The summed E-state index contributed by atoms with van der Waals surface area (Å²) in [7, 11) is 0. The van der Waals surface area contributed by atoms with Crippen molar-refractivity contribution in [2.45, 2.75) is 0 Å². The van der Waals surface area contributed by atoms with Crippen LogP contribution in [0.25, 0.3) is 10.9 Å². The summed E-state index contributed by atoms with van der Waals surface area (Å²) in [5, 5.41) is 1.79. The quantitative estimate of drug-likeness (QED) is 0.844. The van der Waals surface area contributed by atoms with Gasteiger partial charge in [0.1, 0.15) is 0 Å². The number of pyridine rings is 1. The number of anilines is 1. The van der Waals surface area contributed by atoms with E-state index in [4.69, 9.17) is 11.6 Å². The van der Waals surface area contributed by atoms with Gasteiger partial charge in [-0.05, 0) is 49.9 Å². The third-order valence-electron chi connectivity index (χ3n) is 4.50. The lowest BCUT2D eigenvalue weighted by atomic mass is 10.1. The van der Waals surface area contributed by atoms with Gasteiger partial charge in [-0.25, -0.2) is 0 Å². The van der Waals surface area contributed by atoms with Crippen LogP contribution in [-0.4, -0.2) is 42.0 Å². The number of hydrogen-bond donors (Lipinski definition) is 0. The Morgan fingerprint density at radius 2 is 1.79 bits per heavy atom. The molecule has 1 aromatic carbocycles. The number of rotatable bonds is 2. The first-order valence-corrected chi connectivity index (χ1v) is 8.40. The number of carbonyl (C=O) groups excluding carboxylic acids is 1. The van der Waals surface area contributed by atoms with E-state index < -0.39 is 0 Å². The first-order chi connectivity index (χ1) is 11.7. The lowest BCUT2D eigenvalue weighted by Crippen LogP contribution is -2.50. The SMILES string of the molecule is O=C([C]1[CH][CH][CH][CH]1)N1CCN(c2ccnc3cc(Cl)ccc23)CC1. The lowest BCUT2D eigenvalue weighted by molar-refractivity contribution is -0.128. The first kappa shape index (κ1) is 15.7. The third kappa shape index (κ3) is 2.95. The molecular formula is C19H17ClN3O. The van der Waals surface area contributed by atoms with Crippen molar-refractivity contribution in [2.24, 2.45) is 0 Å². The normalized spacial score (nSPS) is 19.2. The van der Waals surface area contributed by atoms with E-state index in [9.17, 15) is 4.79 Å². The largest absolute Gasteiger partial charge is 0.367 e. The standard InChI is InChI=1S/C19H17ClN3O/c20-15-5-6-16-17(13-15)21-8-7-18(16)22-9-11-23(12-10-22)19(24)14-3-1-2-4-14/h1-8,13H,9-12H2. The van der Waals surface area contributed by atoms with Crippen molar-refractivity contribution in [1.29, 1.82) is 0 Å². The van der Waals surface area contributed by atoms with Crippen LogP contribution >= 0.6 is 11.6 Å². The summed E-state index contributed by atoms with van der Waals surface area (Å²) in [6, 6.07) is 7.83. The van der Waals surface area contributed by atoms with Crippen LogP contribution in [0.2, 0.25) is 5.02 Å². The second kappa shape index (κ2) is 6.60. The number of aromatic nitrogens is 1. The van der Waals surface area contributed by atoms with Crippen molar-refractivity contribution >= 4 is 34.1 Å². The molecule has 2 fully saturated rings. The van der Waals surface area contributed by atoms with Crippen LogP contribution in [0.1, 0.15) is 0 Å². The first-order valence-electron chi connectivity index (χ1n) is 8.02. The van der Waals surface area contributed by atoms with E-state index in [1.807, 2.05) is 61.0 Å². The minimum Gasteiger partial charge on any atom is -0.367 e. The van der Waals surface area contributed by atoms with Gasteiger partial charge in [-0.2, -0.15) is 0 Å². The van der Waals surface area contributed by atoms with Crippen LogP contribution in [0.5, 0.6) is 0 Å². The maximum atomic E-state index is 12.4. The molecule has 5 radical (unpaired) electrons. The van der Waals surface area contributed by atoms with Crippen LogP contribution < -0.4 is 4.90 Å². The van der Waals surface area contributed by atoms with Crippen LogP contribution in [-0.2, 0) is 4.79 Å². The Kier molecular flexibility index (Phi) is 4.31. The second-order valence-electron chi connectivity index (χ2n) is 5.94. The van der Waals surface area contributed by atoms with E-state index in [-0.39, 0.29) is 5.91 Å². The maximum absolute atomic E-state index is 12.4. The molecule has 24 heavy (non-hydrogen) atoms. The minimum absolute atomic E-state index is 0.117. The van der Waals surface area contributed by atoms with Gasteiger partial charge in [0, 0.05) is 48.5 Å². The molecule has 1 saturated heterocycles. The van der Waals surface area contributed by atoms with Gasteiger partial charge < -0.3 is 9.80 Å². The molecular weight excluding hydrogens is 322 g/mol. The Morgan fingerprint density at radius 3 is 2.54 bits per heavy atom. The average Bonchev–Trinajstić information content (AvgIpc) is 3.15. The number of fused-ring (bicyclic) bond motifs is 1. The molecule has 5 heteroatoms. The molecule has 1 aliphatic heterocycles. The summed E-state index contributed by atoms with van der Waals surface area (Å²) in [6.07, 6.45) is 9.36. The second-order valence-corrected chi connectivity index (χ2v) is 6.38. The molecule has 2 aromatic rings. The minimum atomic E-state index is 0.117. The Morgan fingerprint density at radius 1 is 1.04 bits per heavy atom. The van der Waals surface area contributed by atoms with Crippen LogP contribution in [0, 0.1) is 31.6 Å². The summed E-state index contributed by atoms with van der Waals surface area (Å²) in [4.78, 5) is 21.1. The predicted octanol–water partition coefficient (Wildman–Crippen LogP) is 2.94. The number of hydrogen-bond acceptors (Lipinski definition) is 3. The number of carbonyl (C=O) groups is 1. The van der Waals surface area contributed by atoms with Gasteiger partial charge in [-0.15, -0.1) is 0 Å². The zero-order valence-electron chi connectivity index (χ0n) is 13.2. The summed E-state index contributed by atoms with van der Waals surface area (Å²) in [6.45, 7) is 3.07. The molecule has 1 aromatic heterocycles. The highest BCUT2D eigenvalue weighted by Crippen LogP contribution is 2.29. The summed E-state index contributed by atoms with van der Waals surface area (Å²) in [5.74, 6) is 0.887. The molecule has 1 amide bonds. The van der Waals surface area contributed by atoms with Crippen LogP contribution in [0.15, 0.2) is 30.5 Å². The van der Waals surface area contributed by atoms with Gasteiger partial charge in [-0.1, -0.05) is 11.6 Å². The maximum Gasteiger partial charge on any atom is 0.230 e. The number of benzene rings is 1. The molecule has 0 N–H and O–H groups in total. The van der Waals surface area contributed by atoms with Crippen LogP contribution in [0.4, 0.5) is 5.69 Å². The van der Waals surface area contributed by atoms with Crippen molar-refractivity contribution in [2.75, 3.05) is 31.1 Å². The number of piperazine rings is 1. The van der Waals surface area contributed by atoms with Crippen molar-refractivity contribution < 1.29 is 4.79 Å². The number of halogens is 1. The van der Waals surface area contributed by atoms with E-state index in [1.54, 1.807) is 0 Å². The topological polar surface area (TPSA) is 36.4 Å². The molecule has 0 spiro atoms. The highest BCUT2D eigenvalue weighted by Gasteiger charge is 2.30. The molecule has 2 heterocycles. The smallest absolute Gasteiger partial charge is 0.230 e. The lowest BCUT2D eigenvalue weighted by Gasteiger charge is -2.37. The van der Waals surface area contributed by atoms with Crippen molar-refractivity contribution in [3.05, 3.63) is 67.1 Å². The highest BCUT2D eigenvalue weighted by atomic mass is 35.5. The van der Waals surface area contributed by atoms with Crippen molar-refractivity contribution in [1.82, 2.24) is 9.88 Å². The molecule has 1 saturated carbocycles. The monoisotopic (exact) mass is 338 g/mol. The Bertz CT molecular complexity index is 749. The van der Waals surface area contributed by atoms with Crippen LogP contribution in [0.3, 0.4) is 0 Å². The fourth-order valence-corrected chi connectivity index (χ4v) is 3.40. The molecule has 0 bridgehead atoms. The number of nitrogens with zero attached hydrogens (tertiary/aromatic N) is 3. The van der Waals surface area contributed by atoms with E-state index in [1.165, 1.54) is 0 Å². The summed E-state index contributed by atoms with van der Waals surface area (Å²) >= 11 is 6.06. The van der Waals surface area contributed by atoms with Gasteiger partial charge in [0.2, 0.25) is 5.91 Å². The Labute approximate surface area is 147 Å². The molecule has 2 aliphatic rings. The Balaban J connectivity index is 1.49. The fraction of sp³-hybridized carbons (Fsp3) is 0.211. The zero-order valence-corrected chi connectivity index (χ0v) is 13.9. The Hall–Kier alpha value is -1.81. The van der Waals surface area contributed by atoms with Crippen molar-refractivity contribution in [3.63, 3.8) is 0 Å². The van der Waals surface area contributed by atoms with E-state index in [0.717, 1.165) is 48.7 Å². The van der Waals surface area contributed by atoms with Gasteiger partial charge in [-0.3, -0.25) is 9.78 Å². The van der Waals surface area contributed by atoms with Crippen molar-refractivity contribution in [3.8, 4) is 0 Å². The van der Waals surface area contributed by atoms with Gasteiger partial charge in [0.05, 0.1) is 11.4 Å². The molecule has 1 aliphatic carbocycles. The highest BCUT2D eigenvalue weighted by molar-refractivity contribution is 6.31. The van der Waals surface area contributed by atoms with Gasteiger partial charge >= 0.3 is 0 Å². The van der Waals surface area contributed by atoms with Gasteiger partial charge in [0.25, 0.3) is 0 Å². The molecule has 4 nitrogen and oxygen atoms in total. The predicted molar refractivity (Wildman–Crippen MR) is 96.0 cm³/mol. The van der Waals surface area contributed by atoms with Gasteiger partial charge in [0.15, 0.2) is 0 Å². The molecule has 0 unspecified atom stereocenters. The molecule has 121 valence electrons.